The average Bonchev–Trinajstić information content (AvgIpc) is 2.53. The van der Waals surface area contributed by atoms with Gasteiger partial charge in [0.05, 0.1) is 18.2 Å². The molecular formula is C15H16F3NO3. The van der Waals surface area contributed by atoms with Crippen molar-refractivity contribution in [1.29, 1.82) is 0 Å². The number of likely N-dealkylation sites (tertiary alicyclic amines) is 1. The Morgan fingerprint density at radius 2 is 1.95 bits per heavy atom. The Kier molecular flexibility index (Phi) is 4.73. The molecular weight excluding hydrogens is 299 g/mol. The molecule has 0 spiro atoms. The summed E-state index contributed by atoms with van der Waals surface area (Å²) in [5.74, 6) is -1.06. The number of piperidine rings is 1. The molecule has 2 rings (SSSR count). The fourth-order valence-corrected chi connectivity index (χ4v) is 2.68. The maximum absolute atomic E-state index is 13.1. The smallest absolute Gasteiger partial charge is 0.417 e. The predicted molar refractivity (Wildman–Crippen MR) is 72.4 cm³/mol. The van der Waals surface area contributed by atoms with Crippen molar-refractivity contribution in [3.8, 4) is 0 Å². The molecule has 4 nitrogen and oxygen atoms in total. The summed E-state index contributed by atoms with van der Waals surface area (Å²) < 4.78 is 43.8. The number of halogens is 3. The van der Waals surface area contributed by atoms with Crippen LogP contribution in [0.15, 0.2) is 18.2 Å². The number of alkyl halides is 3. The van der Waals surface area contributed by atoms with Gasteiger partial charge in [0.15, 0.2) is 0 Å². The largest absolute Gasteiger partial charge is 0.465 e. The van der Waals surface area contributed by atoms with Gasteiger partial charge in [-0.3, -0.25) is 4.79 Å². The minimum absolute atomic E-state index is 0.0519. The van der Waals surface area contributed by atoms with Crippen LogP contribution in [0.2, 0.25) is 0 Å². The average molecular weight is 315 g/mol. The van der Waals surface area contributed by atoms with Crippen LogP contribution in [0.25, 0.3) is 0 Å². The minimum Gasteiger partial charge on any atom is -0.465 e. The van der Waals surface area contributed by atoms with E-state index in [2.05, 4.69) is 4.74 Å². The Bertz CT molecular complexity index is 564. The molecule has 1 aliphatic heterocycles. The highest BCUT2D eigenvalue weighted by Gasteiger charge is 2.36. The van der Waals surface area contributed by atoms with Crippen molar-refractivity contribution in [1.82, 2.24) is 4.90 Å². The number of carbonyl (C=O) groups excluding carboxylic acids is 2. The van der Waals surface area contributed by atoms with E-state index in [0.29, 0.717) is 31.5 Å². The number of benzene rings is 1. The van der Waals surface area contributed by atoms with Crippen LogP contribution < -0.4 is 0 Å². The number of carbonyl (C=O) groups is 2. The van der Waals surface area contributed by atoms with Gasteiger partial charge in [0.25, 0.3) is 0 Å². The van der Waals surface area contributed by atoms with Crippen molar-refractivity contribution >= 4 is 12.4 Å². The van der Waals surface area contributed by atoms with Crippen LogP contribution in [-0.2, 0) is 15.7 Å². The van der Waals surface area contributed by atoms with Crippen LogP contribution in [0.5, 0.6) is 0 Å². The summed E-state index contributed by atoms with van der Waals surface area (Å²) in [4.78, 5) is 23.8. The molecule has 120 valence electrons. The van der Waals surface area contributed by atoms with E-state index in [4.69, 9.17) is 0 Å². The Morgan fingerprint density at radius 1 is 1.32 bits per heavy atom. The predicted octanol–water partition coefficient (Wildman–Crippen LogP) is 2.83. The molecule has 0 saturated carbocycles. The maximum atomic E-state index is 13.1. The lowest BCUT2D eigenvalue weighted by molar-refractivity contribution is -0.138. The van der Waals surface area contributed by atoms with Crippen molar-refractivity contribution in [2.75, 3.05) is 20.2 Å². The molecule has 1 aromatic rings. The second-order valence-corrected chi connectivity index (χ2v) is 5.21. The quantitative estimate of drug-likeness (QED) is 0.636. The summed E-state index contributed by atoms with van der Waals surface area (Å²) in [6.45, 7) is 1.04. The Hall–Kier alpha value is -2.05. The van der Waals surface area contributed by atoms with Gasteiger partial charge in [-0.25, -0.2) is 4.79 Å². The third-order valence-electron chi connectivity index (χ3n) is 3.90. The summed E-state index contributed by atoms with van der Waals surface area (Å²) in [6.07, 6.45) is -2.66. The normalized spacial score (nSPS) is 16.5. The van der Waals surface area contributed by atoms with Crippen molar-refractivity contribution < 1.29 is 27.5 Å². The van der Waals surface area contributed by atoms with Gasteiger partial charge >= 0.3 is 12.1 Å². The molecule has 0 radical (unpaired) electrons. The van der Waals surface area contributed by atoms with E-state index in [-0.39, 0.29) is 5.92 Å². The molecule has 0 bridgehead atoms. The van der Waals surface area contributed by atoms with E-state index in [0.717, 1.165) is 25.7 Å². The van der Waals surface area contributed by atoms with Crippen LogP contribution in [0.3, 0.4) is 0 Å². The topological polar surface area (TPSA) is 46.6 Å². The summed E-state index contributed by atoms with van der Waals surface area (Å²) in [6, 6.07) is 3.71. The molecule has 7 heteroatoms. The molecule has 22 heavy (non-hydrogen) atoms. The summed E-state index contributed by atoms with van der Waals surface area (Å²) in [7, 11) is 1.05. The molecule has 1 amide bonds. The first-order chi connectivity index (χ1) is 10.4. The zero-order valence-electron chi connectivity index (χ0n) is 12.0. The highest BCUT2D eigenvalue weighted by atomic mass is 19.4. The van der Waals surface area contributed by atoms with Gasteiger partial charge in [0, 0.05) is 13.1 Å². The molecule has 0 aromatic heterocycles. The lowest BCUT2D eigenvalue weighted by atomic mass is 9.87. The van der Waals surface area contributed by atoms with Gasteiger partial charge in [-0.15, -0.1) is 0 Å². The molecule has 1 saturated heterocycles. The zero-order chi connectivity index (χ0) is 16.3. The molecule has 1 aromatic carbocycles. The number of methoxy groups -OCH3 is 1. The van der Waals surface area contributed by atoms with Gasteiger partial charge < -0.3 is 9.64 Å². The fraction of sp³-hybridized carbons (Fsp3) is 0.467. The number of hydrogen-bond acceptors (Lipinski definition) is 3. The first kappa shape index (κ1) is 16.3. The van der Waals surface area contributed by atoms with E-state index < -0.39 is 23.3 Å². The fourth-order valence-electron chi connectivity index (χ4n) is 2.68. The number of nitrogens with zero attached hydrogens (tertiary/aromatic N) is 1. The van der Waals surface area contributed by atoms with Gasteiger partial charge in [-0.1, -0.05) is 6.07 Å². The second kappa shape index (κ2) is 6.37. The number of amides is 1. The monoisotopic (exact) mass is 315 g/mol. The van der Waals surface area contributed by atoms with E-state index in [9.17, 15) is 22.8 Å². The Morgan fingerprint density at radius 3 is 2.45 bits per heavy atom. The number of ether oxygens (including phenoxy) is 1. The zero-order valence-corrected chi connectivity index (χ0v) is 12.0. The highest BCUT2D eigenvalue weighted by Crippen LogP contribution is 2.36. The molecule has 0 aliphatic carbocycles. The van der Waals surface area contributed by atoms with Gasteiger partial charge in [0.1, 0.15) is 0 Å². The van der Waals surface area contributed by atoms with E-state index >= 15 is 0 Å². The SMILES string of the molecule is COC(=O)c1ccc(C2CCN(C=O)CC2)cc1C(F)(F)F. The van der Waals surface area contributed by atoms with Crippen molar-refractivity contribution in [2.45, 2.75) is 24.9 Å². The van der Waals surface area contributed by atoms with Crippen LogP contribution in [0.4, 0.5) is 13.2 Å². The molecule has 0 N–H and O–H groups in total. The third kappa shape index (κ3) is 3.40. The lowest BCUT2D eigenvalue weighted by Crippen LogP contribution is -2.31. The second-order valence-electron chi connectivity index (χ2n) is 5.21. The van der Waals surface area contributed by atoms with E-state index in [1.165, 1.54) is 6.07 Å². The van der Waals surface area contributed by atoms with Gasteiger partial charge in [0.2, 0.25) is 6.41 Å². The van der Waals surface area contributed by atoms with Crippen LogP contribution in [0.1, 0.15) is 40.2 Å². The molecule has 1 heterocycles. The summed E-state index contributed by atoms with van der Waals surface area (Å²) in [5.41, 5.74) is -0.927. The first-order valence-electron chi connectivity index (χ1n) is 6.85. The van der Waals surface area contributed by atoms with Gasteiger partial charge in [-0.05, 0) is 36.5 Å². The molecule has 1 aliphatic rings. The minimum atomic E-state index is -4.62. The maximum Gasteiger partial charge on any atom is 0.417 e. The van der Waals surface area contributed by atoms with Crippen molar-refractivity contribution in [2.24, 2.45) is 0 Å². The Balaban J connectivity index is 2.31. The van der Waals surface area contributed by atoms with E-state index in [1.807, 2.05) is 0 Å². The van der Waals surface area contributed by atoms with Gasteiger partial charge in [-0.2, -0.15) is 13.2 Å². The first-order valence-corrected chi connectivity index (χ1v) is 6.85. The lowest BCUT2D eigenvalue weighted by Gasteiger charge is -2.29. The van der Waals surface area contributed by atoms with Crippen LogP contribution in [-0.4, -0.2) is 37.5 Å². The summed E-state index contributed by atoms with van der Waals surface area (Å²) >= 11 is 0. The summed E-state index contributed by atoms with van der Waals surface area (Å²) in [5, 5.41) is 0. The third-order valence-corrected chi connectivity index (χ3v) is 3.90. The van der Waals surface area contributed by atoms with Crippen molar-refractivity contribution in [3.63, 3.8) is 0 Å². The number of esters is 1. The van der Waals surface area contributed by atoms with Crippen molar-refractivity contribution in [3.05, 3.63) is 34.9 Å². The highest BCUT2D eigenvalue weighted by molar-refractivity contribution is 5.91. The standard InChI is InChI=1S/C15H16F3NO3/c1-22-14(21)12-3-2-11(8-13(12)15(16,17)18)10-4-6-19(9-20)7-5-10/h2-3,8-10H,4-7H2,1H3. The van der Waals surface area contributed by atoms with E-state index in [1.54, 1.807) is 4.90 Å². The number of hydrogen-bond donors (Lipinski definition) is 0. The molecule has 0 unspecified atom stereocenters. The van der Waals surface area contributed by atoms with Crippen LogP contribution >= 0.6 is 0 Å². The molecule has 0 atom stereocenters. The molecule has 1 fully saturated rings. The number of rotatable bonds is 3. The Labute approximate surface area is 125 Å². The van der Waals surface area contributed by atoms with Crippen LogP contribution in [0, 0.1) is 0 Å².